The van der Waals surface area contributed by atoms with Crippen LogP contribution in [0.1, 0.15) is 17.2 Å². The summed E-state index contributed by atoms with van der Waals surface area (Å²) < 4.78 is 15.8. The molecule has 0 radical (unpaired) electrons. The number of benzene rings is 3. The lowest BCUT2D eigenvalue weighted by atomic mass is 9.94. The molecule has 1 fully saturated rings. The molecule has 172 valence electrons. The molecule has 3 aromatic carbocycles. The Morgan fingerprint density at radius 1 is 1.03 bits per heavy atom. The zero-order valence-corrected chi connectivity index (χ0v) is 18.6. The molecule has 0 saturated carbocycles. The molecule has 1 saturated heterocycles. The second kappa shape index (κ2) is 8.31. The van der Waals surface area contributed by atoms with E-state index in [-0.39, 0.29) is 35.2 Å². The molecule has 0 bridgehead atoms. The van der Waals surface area contributed by atoms with E-state index in [1.54, 1.807) is 42.5 Å². The molecule has 1 amide bonds. The van der Waals surface area contributed by atoms with E-state index in [2.05, 4.69) is 0 Å². The first-order valence-electron chi connectivity index (χ1n) is 10.2. The Morgan fingerprint density at radius 3 is 2.47 bits per heavy atom. The number of aromatic hydroxyl groups is 1. The van der Waals surface area contributed by atoms with Crippen LogP contribution in [-0.2, 0) is 9.59 Å². The highest BCUT2D eigenvalue weighted by atomic mass is 35.5. The topological polar surface area (TPSA) is 106 Å². The lowest BCUT2D eigenvalue weighted by Gasteiger charge is -2.26. The maximum atomic E-state index is 13.2. The lowest BCUT2D eigenvalue weighted by molar-refractivity contribution is -0.132. The van der Waals surface area contributed by atoms with Gasteiger partial charge in [-0.3, -0.25) is 14.5 Å². The number of aliphatic hydroxyl groups is 1. The molecule has 8 nitrogen and oxygen atoms in total. The van der Waals surface area contributed by atoms with E-state index in [9.17, 15) is 19.8 Å². The van der Waals surface area contributed by atoms with Crippen LogP contribution >= 0.6 is 11.6 Å². The van der Waals surface area contributed by atoms with Gasteiger partial charge in [0.2, 0.25) is 6.79 Å². The number of nitrogens with zero attached hydrogens (tertiary/aromatic N) is 1. The Labute approximate surface area is 199 Å². The molecule has 2 aliphatic rings. The summed E-state index contributed by atoms with van der Waals surface area (Å²) >= 11 is 6.01. The Hall–Kier alpha value is -4.17. The number of anilines is 1. The summed E-state index contributed by atoms with van der Waals surface area (Å²) in [6, 6.07) is 14.6. The molecular weight excluding hydrogens is 462 g/mol. The zero-order chi connectivity index (χ0) is 24.0. The number of fused-ring (bicyclic) bond motifs is 1. The van der Waals surface area contributed by atoms with Crippen molar-refractivity contribution in [3.63, 3.8) is 0 Å². The predicted octanol–water partition coefficient (Wildman–Crippen LogP) is 4.41. The first-order valence-corrected chi connectivity index (χ1v) is 10.6. The number of methoxy groups -OCH3 is 1. The molecule has 0 spiro atoms. The summed E-state index contributed by atoms with van der Waals surface area (Å²) in [4.78, 5) is 27.7. The molecule has 9 heteroatoms. The van der Waals surface area contributed by atoms with Crippen molar-refractivity contribution in [1.29, 1.82) is 0 Å². The number of phenols is 1. The number of carbonyl (C=O) groups is 2. The number of ether oxygens (including phenoxy) is 3. The van der Waals surface area contributed by atoms with Gasteiger partial charge in [0.25, 0.3) is 11.7 Å². The van der Waals surface area contributed by atoms with Gasteiger partial charge in [-0.05, 0) is 60.2 Å². The van der Waals surface area contributed by atoms with E-state index >= 15 is 0 Å². The van der Waals surface area contributed by atoms with E-state index in [0.29, 0.717) is 27.8 Å². The minimum absolute atomic E-state index is 0.0473. The van der Waals surface area contributed by atoms with Crippen molar-refractivity contribution in [3.05, 3.63) is 82.4 Å². The highest BCUT2D eigenvalue weighted by Gasteiger charge is 2.47. The maximum absolute atomic E-state index is 13.2. The number of amides is 1. The van der Waals surface area contributed by atoms with Gasteiger partial charge in [0.05, 0.1) is 18.7 Å². The van der Waals surface area contributed by atoms with Crippen LogP contribution in [0.3, 0.4) is 0 Å². The number of hydrogen-bond acceptors (Lipinski definition) is 7. The standard InChI is InChI=1S/C25H18ClNO7/c1-32-18-8-2-13(10-17(18)28)22-21(23(29)14-3-9-19-20(11-14)34-12-33-19)24(30)25(31)27(22)16-6-4-15(26)5-7-16/h2-11,22,28-29H,12H2,1H3/b23-21-. The Balaban J connectivity index is 1.71. The fourth-order valence-corrected chi connectivity index (χ4v) is 4.22. The number of phenolic OH excluding ortho intramolecular Hbond substituents is 1. The fraction of sp³-hybridized carbons (Fsp3) is 0.120. The fourth-order valence-electron chi connectivity index (χ4n) is 4.09. The molecule has 2 heterocycles. The minimum Gasteiger partial charge on any atom is -0.507 e. The molecular formula is C25H18ClNO7. The van der Waals surface area contributed by atoms with Crippen LogP contribution in [0.2, 0.25) is 5.02 Å². The number of halogens is 1. The van der Waals surface area contributed by atoms with Crippen LogP contribution in [0.4, 0.5) is 5.69 Å². The maximum Gasteiger partial charge on any atom is 0.300 e. The monoisotopic (exact) mass is 479 g/mol. The van der Waals surface area contributed by atoms with Crippen molar-refractivity contribution >= 4 is 34.7 Å². The van der Waals surface area contributed by atoms with Gasteiger partial charge in [-0.2, -0.15) is 0 Å². The second-order valence-electron chi connectivity index (χ2n) is 7.64. The summed E-state index contributed by atoms with van der Waals surface area (Å²) in [5.41, 5.74) is 0.941. The highest BCUT2D eigenvalue weighted by Crippen LogP contribution is 2.45. The van der Waals surface area contributed by atoms with Crippen molar-refractivity contribution in [1.82, 2.24) is 0 Å². The molecule has 5 rings (SSSR count). The van der Waals surface area contributed by atoms with Gasteiger partial charge >= 0.3 is 0 Å². The summed E-state index contributed by atoms with van der Waals surface area (Å²) in [6.45, 7) is 0.0473. The van der Waals surface area contributed by atoms with E-state index in [4.69, 9.17) is 25.8 Å². The SMILES string of the molecule is COc1ccc(C2/C(=C(/O)c3ccc4c(c3)OCO4)C(=O)C(=O)N2c2ccc(Cl)cc2)cc1O. The van der Waals surface area contributed by atoms with Crippen molar-refractivity contribution in [2.24, 2.45) is 0 Å². The summed E-state index contributed by atoms with van der Waals surface area (Å²) in [5.74, 6) is -1.11. The third-order valence-corrected chi connectivity index (χ3v) is 5.97. The van der Waals surface area contributed by atoms with Crippen molar-refractivity contribution in [2.45, 2.75) is 6.04 Å². The average molecular weight is 480 g/mol. The van der Waals surface area contributed by atoms with Gasteiger partial charge in [0.15, 0.2) is 23.0 Å². The summed E-state index contributed by atoms with van der Waals surface area (Å²) in [5, 5.41) is 22.1. The van der Waals surface area contributed by atoms with Gasteiger partial charge < -0.3 is 24.4 Å². The van der Waals surface area contributed by atoms with Gasteiger partial charge in [0.1, 0.15) is 5.76 Å². The van der Waals surface area contributed by atoms with Crippen LogP contribution in [0.15, 0.2) is 66.2 Å². The molecule has 3 aromatic rings. The average Bonchev–Trinajstić information content (AvgIpc) is 3.41. The molecule has 34 heavy (non-hydrogen) atoms. The highest BCUT2D eigenvalue weighted by molar-refractivity contribution is 6.51. The lowest BCUT2D eigenvalue weighted by Crippen LogP contribution is -2.29. The first-order chi connectivity index (χ1) is 16.4. The van der Waals surface area contributed by atoms with Gasteiger partial charge in [-0.25, -0.2) is 0 Å². The van der Waals surface area contributed by atoms with Crippen LogP contribution in [0, 0.1) is 0 Å². The van der Waals surface area contributed by atoms with Gasteiger partial charge in [-0.1, -0.05) is 17.7 Å². The molecule has 1 unspecified atom stereocenters. The Kier molecular flexibility index (Phi) is 5.30. The van der Waals surface area contributed by atoms with E-state index < -0.39 is 17.7 Å². The van der Waals surface area contributed by atoms with Gasteiger partial charge in [-0.15, -0.1) is 0 Å². The van der Waals surface area contributed by atoms with E-state index in [0.717, 1.165) is 0 Å². The van der Waals surface area contributed by atoms with Crippen molar-refractivity contribution in [3.8, 4) is 23.0 Å². The number of aliphatic hydroxyl groups excluding tert-OH is 1. The molecule has 0 aromatic heterocycles. The summed E-state index contributed by atoms with van der Waals surface area (Å²) in [6.07, 6.45) is 0. The second-order valence-corrected chi connectivity index (χ2v) is 8.08. The smallest absolute Gasteiger partial charge is 0.300 e. The Bertz CT molecular complexity index is 1350. The summed E-state index contributed by atoms with van der Waals surface area (Å²) in [7, 11) is 1.41. The third-order valence-electron chi connectivity index (χ3n) is 5.71. The predicted molar refractivity (Wildman–Crippen MR) is 123 cm³/mol. The van der Waals surface area contributed by atoms with Crippen LogP contribution < -0.4 is 19.1 Å². The quantitative estimate of drug-likeness (QED) is 0.324. The number of rotatable bonds is 4. The normalized spacial score (nSPS) is 18.4. The van der Waals surface area contributed by atoms with Crippen LogP contribution in [0.25, 0.3) is 5.76 Å². The number of hydrogen-bond donors (Lipinski definition) is 2. The number of carbonyl (C=O) groups excluding carboxylic acids is 2. The van der Waals surface area contributed by atoms with E-state index in [1.807, 2.05) is 0 Å². The molecule has 1 atom stereocenters. The molecule has 2 N–H and O–H groups in total. The number of Topliss-reactive ketones (excluding diaryl/α,β-unsaturated/α-hetero) is 1. The van der Waals surface area contributed by atoms with Crippen molar-refractivity contribution in [2.75, 3.05) is 18.8 Å². The number of ketones is 1. The Morgan fingerprint density at radius 2 is 1.76 bits per heavy atom. The first kappa shape index (κ1) is 21.7. The minimum atomic E-state index is -1.02. The third kappa shape index (κ3) is 3.48. The van der Waals surface area contributed by atoms with Crippen LogP contribution in [-0.4, -0.2) is 35.8 Å². The zero-order valence-electron chi connectivity index (χ0n) is 17.8. The van der Waals surface area contributed by atoms with Crippen molar-refractivity contribution < 1.29 is 34.0 Å². The van der Waals surface area contributed by atoms with Crippen LogP contribution in [0.5, 0.6) is 23.0 Å². The van der Waals surface area contributed by atoms with E-state index in [1.165, 1.54) is 30.2 Å². The van der Waals surface area contributed by atoms with Gasteiger partial charge in [0, 0.05) is 16.3 Å². The molecule has 0 aliphatic carbocycles. The molecule has 2 aliphatic heterocycles. The largest absolute Gasteiger partial charge is 0.507 e.